The van der Waals surface area contributed by atoms with E-state index in [4.69, 9.17) is 9.47 Å². The van der Waals surface area contributed by atoms with E-state index in [1.54, 1.807) is 5.01 Å². The third kappa shape index (κ3) is 2.63. The van der Waals surface area contributed by atoms with Gasteiger partial charge in [0.05, 0.1) is 25.2 Å². The van der Waals surface area contributed by atoms with Crippen LogP contribution in [-0.4, -0.2) is 53.3 Å². The molecule has 0 saturated carbocycles. The lowest BCUT2D eigenvalue weighted by Gasteiger charge is -2.27. The molecule has 1 aliphatic heterocycles. The van der Waals surface area contributed by atoms with Crippen LogP contribution in [0.4, 0.5) is 11.5 Å². The number of morpholine rings is 1. The van der Waals surface area contributed by atoms with Crippen LogP contribution < -0.4 is 10.2 Å². The van der Waals surface area contributed by atoms with Gasteiger partial charge in [0.2, 0.25) is 5.82 Å². The molecule has 1 N–H and O–H groups in total. The Kier molecular flexibility index (Phi) is 3.85. The molecule has 1 aliphatic rings. The molecule has 0 spiro atoms. The highest BCUT2D eigenvalue weighted by Crippen LogP contribution is 2.30. The van der Waals surface area contributed by atoms with Crippen LogP contribution in [0.1, 0.15) is 0 Å². The highest BCUT2D eigenvalue weighted by atomic mass is 16.6. The van der Waals surface area contributed by atoms with E-state index in [-0.39, 0.29) is 17.4 Å². The molecule has 9 heteroatoms. The molecule has 1 saturated heterocycles. The van der Waals surface area contributed by atoms with Crippen molar-refractivity contribution in [2.45, 2.75) is 0 Å². The first-order valence-corrected chi connectivity index (χ1v) is 5.35. The summed E-state index contributed by atoms with van der Waals surface area (Å²) >= 11 is 0. The van der Waals surface area contributed by atoms with Crippen molar-refractivity contribution in [1.29, 1.82) is 0 Å². The van der Waals surface area contributed by atoms with Gasteiger partial charge in [-0.25, -0.2) is 9.99 Å². The predicted octanol–water partition coefficient (Wildman–Crippen LogP) is 0.0525. The van der Waals surface area contributed by atoms with E-state index in [1.807, 2.05) is 0 Å². The first kappa shape index (κ1) is 12.5. The van der Waals surface area contributed by atoms with E-state index in [0.717, 1.165) is 0 Å². The molecule has 0 aromatic carbocycles. The zero-order chi connectivity index (χ0) is 13.0. The standard InChI is InChI=1S/C9H13N5O4/c1-17-9-7(14(15)16)8(10-6-11-9)12-13-2-4-18-5-3-13/h6H,2-5H2,1H3,(H,10,11,12). The second-order valence-electron chi connectivity index (χ2n) is 3.55. The molecule has 1 fully saturated rings. The fourth-order valence-electron chi connectivity index (χ4n) is 1.58. The first-order chi connectivity index (χ1) is 8.72. The number of ether oxygens (including phenoxy) is 2. The summed E-state index contributed by atoms with van der Waals surface area (Å²) in [6.45, 7) is 2.40. The molecular formula is C9H13N5O4. The highest BCUT2D eigenvalue weighted by molar-refractivity contribution is 5.60. The molecule has 0 aliphatic carbocycles. The van der Waals surface area contributed by atoms with Gasteiger partial charge in [0.25, 0.3) is 5.88 Å². The number of nitro groups is 1. The Morgan fingerprint density at radius 1 is 1.50 bits per heavy atom. The maximum atomic E-state index is 11.0. The Balaban J connectivity index is 2.23. The van der Waals surface area contributed by atoms with Crippen LogP contribution >= 0.6 is 0 Å². The van der Waals surface area contributed by atoms with E-state index < -0.39 is 4.92 Å². The SMILES string of the molecule is COc1ncnc(NN2CCOCC2)c1[N+](=O)[O-]. The van der Waals surface area contributed by atoms with Crippen molar-refractivity contribution < 1.29 is 14.4 Å². The molecule has 18 heavy (non-hydrogen) atoms. The Bertz CT molecular complexity index is 435. The molecule has 0 atom stereocenters. The number of aromatic nitrogens is 2. The van der Waals surface area contributed by atoms with Crippen molar-refractivity contribution in [2.75, 3.05) is 38.8 Å². The van der Waals surface area contributed by atoms with Gasteiger partial charge >= 0.3 is 5.69 Å². The molecular weight excluding hydrogens is 242 g/mol. The Morgan fingerprint density at radius 3 is 2.83 bits per heavy atom. The van der Waals surface area contributed by atoms with Crippen molar-refractivity contribution in [3.8, 4) is 5.88 Å². The van der Waals surface area contributed by atoms with Crippen molar-refractivity contribution in [3.05, 3.63) is 16.4 Å². The number of hydrogen-bond acceptors (Lipinski definition) is 8. The Morgan fingerprint density at radius 2 is 2.22 bits per heavy atom. The summed E-state index contributed by atoms with van der Waals surface area (Å²) in [6.07, 6.45) is 1.22. The Labute approximate surface area is 103 Å². The van der Waals surface area contributed by atoms with Crippen molar-refractivity contribution in [1.82, 2.24) is 15.0 Å². The third-order valence-electron chi connectivity index (χ3n) is 2.44. The van der Waals surface area contributed by atoms with Gasteiger partial charge in [-0.2, -0.15) is 4.98 Å². The van der Waals surface area contributed by atoms with E-state index >= 15 is 0 Å². The zero-order valence-electron chi connectivity index (χ0n) is 9.83. The molecule has 1 aromatic rings. The van der Waals surface area contributed by atoms with E-state index in [9.17, 15) is 10.1 Å². The van der Waals surface area contributed by atoms with Gasteiger partial charge in [-0.1, -0.05) is 0 Å². The minimum Gasteiger partial charge on any atom is -0.476 e. The minimum absolute atomic E-state index is 0.0641. The number of nitrogens with one attached hydrogen (secondary N) is 1. The molecule has 0 radical (unpaired) electrons. The first-order valence-electron chi connectivity index (χ1n) is 5.35. The molecule has 0 amide bonds. The maximum absolute atomic E-state index is 11.0. The lowest BCUT2D eigenvalue weighted by atomic mass is 10.4. The van der Waals surface area contributed by atoms with Gasteiger partial charge in [-0.3, -0.25) is 15.5 Å². The number of nitrogens with zero attached hydrogens (tertiary/aromatic N) is 4. The summed E-state index contributed by atoms with van der Waals surface area (Å²) in [7, 11) is 1.33. The van der Waals surface area contributed by atoms with Gasteiger partial charge in [-0.05, 0) is 0 Å². The average molecular weight is 255 g/mol. The van der Waals surface area contributed by atoms with Crippen LogP contribution in [0.25, 0.3) is 0 Å². The lowest BCUT2D eigenvalue weighted by molar-refractivity contribution is -0.385. The second kappa shape index (κ2) is 5.56. The summed E-state index contributed by atoms with van der Waals surface area (Å²) in [5, 5.41) is 12.8. The normalized spacial score (nSPS) is 16.3. The lowest BCUT2D eigenvalue weighted by Crippen LogP contribution is -2.40. The van der Waals surface area contributed by atoms with Crippen molar-refractivity contribution in [3.63, 3.8) is 0 Å². The molecule has 0 bridgehead atoms. The fraction of sp³-hybridized carbons (Fsp3) is 0.556. The van der Waals surface area contributed by atoms with Crippen LogP contribution in [0.3, 0.4) is 0 Å². The molecule has 98 valence electrons. The number of methoxy groups -OCH3 is 1. The quantitative estimate of drug-likeness (QED) is 0.594. The van der Waals surface area contributed by atoms with Crippen LogP contribution in [0.5, 0.6) is 5.88 Å². The molecule has 9 nitrogen and oxygen atoms in total. The monoisotopic (exact) mass is 255 g/mol. The molecule has 0 unspecified atom stereocenters. The van der Waals surface area contributed by atoms with Crippen LogP contribution in [0.15, 0.2) is 6.33 Å². The third-order valence-corrected chi connectivity index (χ3v) is 2.44. The number of anilines is 1. The van der Waals surface area contributed by atoms with Gasteiger partial charge < -0.3 is 9.47 Å². The minimum atomic E-state index is -0.568. The van der Waals surface area contributed by atoms with Crippen LogP contribution in [0.2, 0.25) is 0 Å². The average Bonchev–Trinajstić information content (AvgIpc) is 2.39. The summed E-state index contributed by atoms with van der Waals surface area (Å²) in [6, 6.07) is 0. The van der Waals surface area contributed by atoms with Crippen molar-refractivity contribution in [2.24, 2.45) is 0 Å². The number of hydrogen-bond donors (Lipinski definition) is 1. The zero-order valence-corrected chi connectivity index (χ0v) is 9.83. The number of hydrazine groups is 1. The van der Waals surface area contributed by atoms with Crippen molar-refractivity contribution >= 4 is 11.5 Å². The van der Waals surface area contributed by atoms with Gasteiger partial charge in [-0.15, -0.1) is 0 Å². The summed E-state index contributed by atoms with van der Waals surface area (Å²) < 4.78 is 10.0. The van der Waals surface area contributed by atoms with E-state index in [0.29, 0.717) is 26.3 Å². The van der Waals surface area contributed by atoms with Gasteiger partial charge in [0, 0.05) is 13.1 Å². The summed E-state index contributed by atoms with van der Waals surface area (Å²) in [4.78, 5) is 18.0. The van der Waals surface area contributed by atoms with E-state index in [2.05, 4.69) is 15.4 Å². The van der Waals surface area contributed by atoms with Gasteiger partial charge in [0.15, 0.2) is 0 Å². The summed E-state index contributed by atoms with van der Waals surface area (Å²) in [5.41, 5.74) is 2.61. The largest absolute Gasteiger partial charge is 0.476 e. The molecule has 2 heterocycles. The topological polar surface area (TPSA) is 103 Å². The Hall–Kier alpha value is -2.00. The fourth-order valence-corrected chi connectivity index (χ4v) is 1.58. The maximum Gasteiger partial charge on any atom is 0.374 e. The van der Waals surface area contributed by atoms with Gasteiger partial charge in [0.1, 0.15) is 6.33 Å². The summed E-state index contributed by atoms with van der Waals surface area (Å²) in [5.74, 6) is 0.0551. The van der Waals surface area contributed by atoms with Crippen LogP contribution in [0, 0.1) is 10.1 Å². The smallest absolute Gasteiger partial charge is 0.374 e. The van der Waals surface area contributed by atoms with E-state index in [1.165, 1.54) is 13.4 Å². The van der Waals surface area contributed by atoms with Crippen LogP contribution in [-0.2, 0) is 4.74 Å². The number of rotatable bonds is 4. The second-order valence-corrected chi connectivity index (χ2v) is 3.55. The highest BCUT2D eigenvalue weighted by Gasteiger charge is 2.25. The molecule has 2 rings (SSSR count). The predicted molar refractivity (Wildman–Crippen MR) is 61.3 cm³/mol. The molecule has 1 aromatic heterocycles.